The van der Waals surface area contributed by atoms with Crippen LogP contribution in [0.15, 0.2) is 23.1 Å². The molecule has 0 fully saturated rings. The summed E-state index contributed by atoms with van der Waals surface area (Å²) in [5, 5.41) is 3.60. The molecule has 0 N–H and O–H groups in total. The first-order chi connectivity index (χ1) is 6.25. The van der Waals surface area contributed by atoms with Crippen LogP contribution in [0.3, 0.4) is 0 Å². The largest absolute Gasteiger partial charge is 0.364 e. The summed E-state index contributed by atoms with van der Waals surface area (Å²) >= 11 is 0. The Morgan fingerprint density at radius 2 is 2.38 bits per heavy atom. The number of likely N-dealkylation sites (N-methyl/N-ethyl adjacent to an activating group) is 1. The number of hydrogen-bond acceptors (Lipinski definition) is 4. The minimum atomic E-state index is 0.130. The first kappa shape index (κ1) is 8.19. The number of nitrogens with zero attached hydrogens (tertiary/aromatic N) is 2. The summed E-state index contributed by atoms with van der Waals surface area (Å²) in [7, 11) is 1.92. The lowest BCUT2D eigenvalue weighted by Gasteiger charge is -2.20. The molecular formula is C9H10N2O2. The molecule has 0 radical (unpaired) electrons. The van der Waals surface area contributed by atoms with Gasteiger partial charge in [0.15, 0.2) is 5.78 Å². The van der Waals surface area contributed by atoms with Crippen LogP contribution in [0.4, 0.5) is 0 Å². The molecule has 0 aromatic carbocycles. The maximum atomic E-state index is 11.2. The van der Waals surface area contributed by atoms with Gasteiger partial charge in [0, 0.05) is 12.1 Å². The van der Waals surface area contributed by atoms with E-state index in [2.05, 4.69) is 5.16 Å². The standard InChI is InChI=1S/C9H10N2O2/c1-11-4-7(2-9(12)5-11)8-3-10-13-6-8/h2-3,6H,4-5H2,1H3. The molecule has 0 unspecified atom stereocenters. The van der Waals surface area contributed by atoms with Gasteiger partial charge in [-0.25, -0.2) is 0 Å². The molecule has 1 aromatic heterocycles. The average Bonchev–Trinajstić information content (AvgIpc) is 2.53. The van der Waals surface area contributed by atoms with Crippen molar-refractivity contribution in [2.45, 2.75) is 0 Å². The second kappa shape index (κ2) is 3.14. The van der Waals surface area contributed by atoms with Gasteiger partial charge in [0.1, 0.15) is 6.26 Å². The molecule has 0 spiro atoms. The van der Waals surface area contributed by atoms with E-state index in [0.29, 0.717) is 6.54 Å². The van der Waals surface area contributed by atoms with Crippen LogP contribution in [-0.4, -0.2) is 36.0 Å². The summed E-state index contributed by atoms with van der Waals surface area (Å²) in [6.45, 7) is 1.27. The smallest absolute Gasteiger partial charge is 0.169 e. The van der Waals surface area contributed by atoms with Crippen molar-refractivity contribution < 1.29 is 9.32 Å². The zero-order chi connectivity index (χ0) is 9.26. The van der Waals surface area contributed by atoms with Crippen LogP contribution in [0.5, 0.6) is 0 Å². The van der Waals surface area contributed by atoms with Gasteiger partial charge in [0.2, 0.25) is 0 Å². The number of ketones is 1. The van der Waals surface area contributed by atoms with Crippen molar-refractivity contribution in [3.05, 3.63) is 24.1 Å². The number of hydrogen-bond donors (Lipinski definition) is 0. The highest BCUT2D eigenvalue weighted by molar-refractivity contribution is 5.99. The van der Waals surface area contributed by atoms with Gasteiger partial charge >= 0.3 is 0 Å². The minimum Gasteiger partial charge on any atom is -0.364 e. The summed E-state index contributed by atoms with van der Waals surface area (Å²) < 4.78 is 4.72. The van der Waals surface area contributed by atoms with E-state index in [0.717, 1.165) is 17.7 Å². The van der Waals surface area contributed by atoms with Crippen LogP contribution in [0.2, 0.25) is 0 Å². The quantitative estimate of drug-likeness (QED) is 0.630. The van der Waals surface area contributed by atoms with Crippen LogP contribution in [-0.2, 0) is 4.79 Å². The first-order valence-corrected chi connectivity index (χ1v) is 4.07. The number of carbonyl (C=O) groups excluding carboxylic acids is 1. The molecule has 4 nitrogen and oxygen atoms in total. The van der Waals surface area contributed by atoms with E-state index in [9.17, 15) is 4.79 Å². The highest BCUT2D eigenvalue weighted by Gasteiger charge is 2.16. The fraction of sp³-hybridized carbons (Fsp3) is 0.333. The Balaban J connectivity index is 2.29. The van der Waals surface area contributed by atoms with Gasteiger partial charge in [-0.3, -0.25) is 9.69 Å². The fourth-order valence-corrected chi connectivity index (χ4v) is 1.44. The van der Waals surface area contributed by atoms with Crippen molar-refractivity contribution in [1.29, 1.82) is 0 Å². The van der Waals surface area contributed by atoms with Gasteiger partial charge in [-0.2, -0.15) is 0 Å². The maximum Gasteiger partial charge on any atom is 0.169 e. The molecule has 13 heavy (non-hydrogen) atoms. The molecule has 4 heteroatoms. The summed E-state index contributed by atoms with van der Waals surface area (Å²) in [5.74, 6) is 0.130. The first-order valence-electron chi connectivity index (χ1n) is 4.07. The van der Waals surface area contributed by atoms with E-state index in [-0.39, 0.29) is 5.78 Å². The Bertz CT molecular complexity index is 341. The van der Waals surface area contributed by atoms with E-state index in [1.54, 1.807) is 18.5 Å². The summed E-state index contributed by atoms with van der Waals surface area (Å²) in [5.41, 5.74) is 1.86. The van der Waals surface area contributed by atoms with Gasteiger partial charge in [0.25, 0.3) is 0 Å². The lowest BCUT2D eigenvalue weighted by Crippen LogP contribution is -2.30. The third-order valence-corrected chi connectivity index (χ3v) is 2.00. The van der Waals surface area contributed by atoms with Gasteiger partial charge in [-0.05, 0) is 18.7 Å². The monoisotopic (exact) mass is 178 g/mol. The van der Waals surface area contributed by atoms with Crippen molar-refractivity contribution in [1.82, 2.24) is 10.1 Å². The molecule has 68 valence electrons. The van der Waals surface area contributed by atoms with Crippen LogP contribution in [0.1, 0.15) is 5.56 Å². The Hall–Kier alpha value is -1.42. The Morgan fingerprint density at radius 3 is 3.00 bits per heavy atom. The Morgan fingerprint density at radius 1 is 1.54 bits per heavy atom. The van der Waals surface area contributed by atoms with Crippen molar-refractivity contribution >= 4 is 11.4 Å². The zero-order valence-electron chi connectivity index (χ0n) is 7.36. The van der Waals surface area contributed by atoms with Gasteiger partial charge in [-0.15, -0.1) is 0 Å². The number of carbonyl (C=O) groups is 1. The van der Waals surface area contributed by atoms with E-state index in [1.165, 1.54) is 0 Å². The van der Waals surface area contributed by atoms with Crippen molar-refractivity contribution in [2.24, 2.45) is 0 Å². The van der Waals surface area contributed by atoms with E-state index in [1.807, 2.05) is 11.9 Å². The number of aromatic nitrogens is 1. The molecule has 1 aliphatic heterocycles. The van der Waals surface area contributed by atoms with E-state index in [4.69, 9.17) is 4.52 Å². The van der Waals surface area contributed by atoms with Crippen LogP contribution >= 0.6 is 0 Å². The summed E-state index contributed by atoms with van der Waals surface area (Å²) in [4.78, 5) is 13.2. The molecule has 0 bridgehead atoms. The molecule has 1 aromatic rings. The van der Waals surface area contributed by atoms with E-state index >= 15 is 0 Å². The molecule has 0 atom stereocenters. The second-order valence-electron chi connectivity index (χ2n) is 3.22. The van der Waals surface area contributed by atoms with Crippen molar-refractivity contribution in [3.63, 3.8) is 0 Å². The molecule has 0 saturated carbocycles. The second-order valence-corrected chi connectivity index (χ2v) is 3.22. The van der Waals surface area contributed by atoms with Crippen molar-refractivity contribution in [3.8, 4) is 0 Å². The third kappa shape index (κ3) is 1.67. The van der Waals surface area contributed by atoms with Crippen molar-refractivity contribution in [2.75, 3.05) is 20.1 Å². The molecule has 2 rings (SSSR count). The van der Waals surface area contributed by atoms with Gasteiger partial charge in [0.05, 0.1) is 12.7 Å². The highest BCUT2D eigenvalue weighted by atomic mass is 16.5. The Labute approximate surface area is 75.8 Å². The molecule has 1 aliphatic rings. The lowest BCUT2D eigenvalue weighted by molar-refractivity contribution is -0.115. The summed E-state index contributed by atoms with van der Waals surface area (Å²) in [6, 6.07) is 0. The average molecular weight is 178 g/mol. The van der Waals surface area contributed by atoms with Crippen LogP contribution in [0.25, 0.3) is 5.57 Å². The molecule has 2 heterocycles. The third-order valence-electron chi connectivity index (χ3n) is 2.00. The molecule has 0 aliphatic carbocycles. The predicted molar refractivity (Wildman–Crippen MR) is 47.0 cm³/mol. The normalized spacial score (nSPS) is 18.8. The number of rotatable bonds is 1. The van der Waals surface area contributed by atoms with E-state index < -0.39 is 0 Å². The van der Waals surface area contributed by atoms with Crippen LogP contribution in [0, 0.1) is 0 Å². The highest BCUT2D eigenvalue weighted by Crippen LogP contribution is 2.17. The minimum absolute atomic E-state index is 0.130. The molecular weight excluding hydrogens is 168 g/mol. The lowest BCUT2D eigenvalue weighted by atomic mass is 10.0. The Kier molecular flexibility index (Phi) is 1.98. The predicted octanol–water partition coefficient (Wildman–Crippen LogP) is 0.572. The molecule has 0 amide bonds. The topological polar surface area (TPSA) is 46.3 Å². The van der Waals surface area contributed by atoms with Gasteiger partial charge < -0.3 is 4.52 Å². The summed E-state index contributed by atoms with van der Waals surface area (Å²) in [6.07, 6.45) is 4.84. The fourth-order valence-electron chi connectivity index (χ4n) is 1.44. The SMILES string of the molecule is CN1CC(=O)C=C(c2cnoc2)C1. The van der Waals surface area contributed by atoms with Gasteiger partial charge in [-0.1, -0.05) is 5.16 Å². The zero-order valence-corrected chi connectivity index (χ0v) is 7.36. The molecule has 0 saturated heterocycles. The maximum absolute atomic E-state index is 11.2. The van der Waals surface area contributed by atoms with Crippen LogP contribution < -0.4 is 0 Å².